The highest BCUT2D eigenvalue weighted by atomic mass is 16.5. The summed E-state index contributed by atoms with van der Waals surface area (Å²) >= 11 is 0. The summed E-state index contributed by atoms with van der Waals surface area (Å²) in [5, 5.41) is 9.75. The molecule has 0 bridgehead atoms. The van der Waals surface area contributed by atoms with E-state index in [1.807, 2.05) is 26.0 Å². The van der Waals surface area contributed by atoms with Crippen LogP contribution in [0.25, 0.3) is 11.0 Å². The van der Waals surface area contributed by atoms with E-state index in [1.165, 1.54) is 11.6 Å². The van der Waals surface area contributed by atoms with Crippen molar-refractivity contribution in [2.75, 3.05) is 20.3 Å². The fraction of sp³-hybridized carbons (Fsp3) is 0.350. The summed E-state index contributed by atoms with van der Waals surface area (Å²) in [5.74, 6) is 1.12. The van der Waals surface area contributed by atoms with E-state index < -0.39 is 5.63 Å². The fourth-order valence-electron chi connectivity index (χ4n) is 2.33. The van der Waals surface area contributed by atoms with E-state index in [1.54, 1.807) is 25.3 Å². The second-order valence-electron chi connectivity index (χ2n) is 5.90. The number of aliphatic hydroxyl groups is 1. The molecule has 0 fully saturated rings. The van der Waals surface area contributed by atoms with Gasteiger partial charge in [-0.15, -0.1) is 0 Å². The summed E-state index contributed by atoms with van der Waals surface area (Å²) in [6.45, 7) is 4.45. The number of ether oxygens (including phenoxy) is 2. The third kappa shape index (κ3) is 5.50. The molecule has 0 radical (unpaired) electrons. The lowest BCUT2D eigenvalue weighted by atomic mass is 10.1. The molecule has 0 aliphatic rings. The molecule has 0 atom stereocenters. The number of rotatable bonds is 8. The second kappa shape index (κ2) is 9.08. The van der Waals surface area contributed by atoms with Gasteiger partial charge in [0.15, 0.2) is 11.5 Å². The van der Waals surface area contributed by atoms with Crippen molar-refractivity contribution in [1.82, 2.24) is 0 Å². The summed E-state index contributed by atoms with van der Waals surface area (Å²) in [4.78, 5) is 11.4. The summed E-state index contributed by atoms with van der Waals surface area (Å²) < 4.78 is 16.3. The van der Waals surface area contributed by atoms with Crippen LogP contribution in [0.1, 0.15) is 26.7 Å². The van der Waals surface area contributed by atoms with Crippen molar-refractivity contribution in [2.45, 2.75) is 26.7 Å². The summed E-state index contributed by atoms with van der Waals surface area (Å²) in [6.07, 6.45) is 5.84. The number of allylic oxidation sites excluding steroid dienone is 2. The van der Waals surface area contributed by atoms with E-state index in [0.717, 1.165) is 23.8 Å². The van der Waals surface area contributed by atoms with Crippen molar-refractivity contribution >= 4 is 11.0 Å². The maximum Gasteiger partial charge on any atom is 0.336 e. The Balaban J connectivity index is 2.04. The number of aliphatic hydroxyl groups excluding tert-OH is 1. The topological polar surface area (TPSA) is 68.9 Å². The summed E-state index contributed by atoms with van der Waals surface area (Å²) in [7, 11) is 1.57. The summed E-state index contributed by atoms with van der Waals surface area (Å²) in [5.41, 5.74) is 2.25. The molecule has 0 saturated carbocycles. The second-order valence-corrected chi connectivity index (χ2v) is 5.90. The SMILES string of the molecule is COc1cc2ccc(=O)oc2cc1OC/C=C(\C)CC/C=C(\C)CO. The first kappa shape index (κ1) is 18.8. The zero-order valence-corrected chi connectivity index (χ0v) is 14.9. The van der Waals surface area contributed by atoms with E-state index >= 15 is 0 Å². The molecule has 5 heteroatoms. The Bertz CT molecular complexity index is 830. The zero-order chi connectivity index (χ0) is 18.2. The minimum Gasteiger partial charge on any atom is -0.493 e. The molecule has 1 N–H and O–H groups in total. The van der Waals surface area contributed by atoms with Crippen LogP contribution in [0.15, 0.2) is 56.8 Å². The predicted molar refractivity (Wildman–Crippen MR) is 98.4 cm³/mol. The van der Waals surface area contributed by atoms with E-state index in [4.69, 9.17) is 19.0 Å². The van der Waals surface area contributed by atoms with Crippen molar-refractivity contribution in [3.8, 4) is 11.5 Å². The molecule has 1 aromatic carbocycles. The van der Waals surface area contributed by atoms with Gasteiger partial charge in [0.25, 0.3) is 0 Å². The van der Waals surface area contributed by atoms with Crippen molar-refractivity contribution in [1.29, 1.82) is 0 Å². The Labute approximate surface area is 147 Å². The maximum atomic E-state index is 11.4. The van der Waals surface area contributed by atoms with E-state index in [-0.39, 0.29) is 6.61 Å². The highest BCUT2D eigenvalue weighted by Crippen LogP contribution is 2.31. The number of fused-ring (bicyclic) bond motifs is 1. The molecule has 25 heavy (non-hydrogen) atoms. The van der Waals surface area contributed by atoms with E-state index in [0.29, 0.717) is 23.7 Å². The molecule has 2 aromatic rings. The Hall–Kier alpha value is -2.53. The van der Waals surface area contributed by atoms with E-state index in [9.17, 15) is 4.79 Å². The van der Waals surface area contributed by atoms with Gasteiger partial charge in [-0.05, 0) is 44.9 Å². The normalized spacial score (nSPS) is 12.5. The van der Waals surface area contributed by atoms with Crippen LogP contribution in [-0.2, 0) is 0 Å². The average Bonchev–Trinajstić information content (AvgIpc) is 2.60. The van der Waals surface area contributed by atoms with Crippen molar-refractivity contribution in [2.24, 2.45) is 0 Å². The van der Waals surface area contributed by atoms with Crippen molar-refractivity contribution in [3.05, 3.63) is 58.0 Å². The van der Waals surface area contributed by atoms with Gasteiger partial charge in [-0.3, -0.25) is 0 Å². The molecular formula is C20H24O5. The van der Waals surface area contributed by atoms with Gasteiger partial charge in [-0.2, -0.15) is 0 Å². The Kier molecular flexibility index (Phi) is 6.83. The third-order valence-electron chi connectivity index (χ3n) is 3.86. The lowest BCUT2D eigenvalue weighted by Crippen LogP contribution is -1.99. The first-order chi connectivity index (χ1) is 12.0. The lowest BCUT2D eigenvalue weighted by molar-refractivity contribution is 0.325. The van der Waals surface area contributed by atoms with E-state index in [2.05, 4.69) is 0 Å². The van der Waals surface area contributed by atoms with Crippen LogP contribution >= 0.6 is 0 Å². The summed E-state index contributed by atoms with van der Waals surface area (Å²) in [6, 6.07) is 6.53. The third-order valence-corrected chi connectivity index (χ3v) is 3.86. The van der Waals surface area contributed by atoms with Crippen LogP contribution in [-0.4, -0.2) is 25.4 Å². The van der Waals surface area contributed by atoms with Gasteiger partial charge < -0.3 is 19.0 Å². The molecule has 5 nitrogen and oxygen atoms in total. The van der Waals surface area contributed by atoms with Gasteiger partial charge in [0.1, 0.15) is 12.2 Å². The van der Waals surface area contributed by atoms with Crippen LogP contribution < -0.4 is 15.1 Å². The minimum atomic E-state index is -0.398. The van der Waals surface area contributed by atoms with Crippen LogP contribution in [0.4, 0.5) is 0 Å². The van der Waals surface area contributed by atoms with Gasteiger partial charge >= 0.3 is 5.63 Å². The number of methoxy groups -OCH3 is 1. The van der Waals surface area contributed by atoms with Crippen LogP contribution in [0.3, 0.4) is 0 Å². The Morgan fingerprint density at radius 3 is 2.68 bits per heavy atom. The molecule has 0 unspecified atom stereocenters. The molecule has 0 aliphatic carbocycles. The smallest absolute Gasteiger partial charge is 0.336 e. The average molecular weight is 344 g/mol. The molecule has 1 aromatic heterocycles. The van der Waals surface area contributed by atoms with Crippen LogP contribution in [0, 0.1) is 0 Å². The molecular weight excluding hydrogens is 320 g/mol. The quantitative estimate of drug-likeness (QED) is 0.582. The van der Waals surface area contributed by atoms with Crippen LogP contribution in [0.5, 0.6) is 11.5 Å². The van der Waals surface area contributed by atoms with Gasteiger partial charge in [0.2, 0.25) is 0 Å². The molecule has 2 rings (SSSR count). The number of benzene rings is 1. The largest absolute Gasteiger partial charge is 0.493 e. The minimum absolute atomic E-state index is 0.101. The molecule has 1 heterocycles. The monoisotopic (exact) mass is 344 g/mol. The molecule has 0 saturated heterocycles. The highest BCUT2D eigenvalue weighted by Gasteiger charge is 2.08. The maximum absolute atomic E-state index is 11.4. The standard InChI is InChI=1S/C20H24O5/c1-14(5-4-6-15(2)13-21)9-10-24-19-12-17-16(11-18(19)23-3)7-8-20(22)25-17/h6-9,11-12,21H,4-5,10,13H2,1-3H3/b14-9+,15-6+. The molecule has 0 spiro atoms. The number of hydrogen-bond donors (Lipinski definition) is 1. The Morgan fingerprint density at radius 1 is 1.16 bits per heavy atom. The van der Waals surface area contributed by atoms with Crippen LogP contribution in [0.2, 0.25) is 0 Å². The van der Waals surface area contributed by atoms with Gasteiger partial charge in [-0.1, -0.05) is 17.2 Å². The Morgan fingerprint density at radius 2 is 1.96 bits per heavy atom. The van der Waals surface area contributed by atoms with Gasteiger partial charge in [-0.25, -0.2) is 4.79 Å². The van der Waals surface area contributed by atoms with Crippen molar-refractivity contribution < 1.29 is 19.0 Å². The van der Waals surface area contributed by atoms with Gasteiger partial charge in [0, 0.05) is 17.5 Å². The zero-order valence-electron chi connectivity index (χ0n) is 14.9. The lowest BCUT2D eigenvalue weighted by Gasteiger charge is -2.10. The first-order valence-electron chi connectivity index (χ1n) is 8.20. The van der Waals surface area contributed by atoms with Gasteiger partial charge in [0.05, 0.1) is 13.7 Å². The molecule has 0 aliphatic heterocycles. The molecule has 0 amide bonds. The number of hydrogen-bond acceptors (Lipinski definition) is 5. The van der Waals surface area contributed by atoms with Crippen molar-refractivity contribution in [3.63, 3.8) is 0 Å². The fourth-order valence-corrected chi connectivity index (χ4v) is 2.33. The predicted octanol–water partition coefficient (Wildman–Crippen LogP) is 3.85. The molecule has 134 valence electrons. The highest BCUT2D eigenvalue weighted by molar-refractivity contribution is 5.80. The first-order valence-corrected chi connectivity index (χ1v) is 8.20.